The van der Waals surface area contributed by atoms with Gasteiger partial charge in [0, 0.05) is 18.1 Å². The quantitative estimate of drug-likeness (QED) is 0.256. The smallest absolute Gasteiger partial charge is 0.0101 e. The lowest BCUT2D eigenvalue weighted by Crippen LogP contribution is -2.55. The van der Waals surface area contributed by atoms with Gasteiger partial charge in [0.1, 0.15) is 0 Å². The first-order valence-electron chi connectivity index (χ1n) is 25.1. The standard InChI is InChI=1S/C50H85N/c1-5-17-36(18-6-1)43-34-31-39(35-48(43)37-19-7-2-8-20-37)50-46-27-15-13-25-44(46)49(45-26-14-16-28-47(45)50)38-29-32-42(33-30-38)51(40-21-9-3-10-22-40)41-23-11-4-12-24-41/h36-50H,1-35H2. The number of fused-ring (bicyclic) bond motifs is 2. The van der Waals surface area contributed by atoms with E-state index in [4.69, 9.17) is 0 Å². The average Bonchev–Trinajstić information content (AvgIpc) is 3.21. The zero-order chi connectivity index (χ0) is 34.0. The van der Waals surface area contributed by atoms with Crippen molar-refractivity contribution in [1.82, 2.24) is 4.90 Å². The summed E-state index contributed by atoms with van der Waals surface area (Å²) in [5.41, 5.74) is 0. The van der Waals surface area contributed by atoms with Gasteiger partial charge in [-0.2, -0.15) is 0 Å². The van der Waals surface area contributed by atoms with Gasteiger partial charge < -0.3 is 0 Å². The van der Waals surface area contributed by atoms with Crippen LogP contribution in [0.15, 0.2) is 0 Å². The number of nitrogens with zero attached hydrogens (tertiary/aromatic N) is 1. The largest absolute Gasteiger partial charge is 0.294 e. The van der Waals surface area contributed by atoms with Gasteiger partial charge in [0.05, 0.1) is 0 Å². The van der Waals surface area contributed by atoms with Crippen molar-refractivity contribution in [3.63, 3.8) is 0 Å². The second kappa shape index (κ2) is 17.4. The predicted octanol–water partition coefficient (Wildman–Crippen LogP) is 14.6. The molecule has 0 aliphatic heterocycles. The molecule has 0 spiro atoms. The van der Waals surface area contributed by atoms with Gasteiger partial charge in [-0.05, 0) is 167 Å². The van der Waals surface area contributed by atoms with Crippen molar-refractivity contribution in [3.05, 3.63) is 0 Å². The highest BCUT2D eigenvalue weighted by Gasteiger charge is 2.56. The van der Waals surface area contributed by atoms with Crippen LogP contribution in [0.4, 0.5) is 0 Å². The molecule has 7 atom stereocenters. The van der Waals surface area contributed by atoms with Crippen LogP contribution in [0.1, 0.15) is 225 Å². The van der Waals surface area contributed by atoms with Gasteiger partial charge in [-0.15, -0.1) is 0 Å². The molecule has 0 N–H and O–H groups in total. The minimum Gasteiger partial charge on any atom is -0.294 e. The maximum Gasteiger partial charge on any atom is 0.0101 e. The zero-order valence-corrected chi connectivity index (χ0v) is 33.9. The normalized spacial score (nSPS) is 44.5. The highest BCUT2D eigenvalue weighted by molar-refractivity contribution is 5.05. The molecule has 0 radical (unpaired) electrons. The van der Waals surface area contributed by atoms with Gasteiger partial charge in [0.2, 0.25) is 0 Å². The molecule has 1 heteroatoms. The fraction of sp³-hybridized carbons (Fsp3) is 1.00. The van der Waals surface area contributed by atoms with Gasteiger partial charge in [0.25, 0.3) is 0 Å². The number of hydrogen-bond acceptors (Lipinski definition) is 1. The Morgan fingerprint density at radius 1 is 0.216 bits per heavy atom. The highest BCUT2D eigenvalue weighted by atomic mass is 15.2. The van der Waals surface area contributed by atoms with E-state index in [2.05, 4.69) is 4.90 Å². The fourth-order valence-corrected chi connectivity index (χ4v) is 17.6. The van der Waals surface area contributed by atoms with E-state index in [0.29, 0.717) is 0 Å². The molecule has 51 heavy (non-hydrogen) atoms. The molecular weight excluding hydrogens is 615 g/mol. The minimum atomic E-state index is 0.934. The molecule has 9 aliphatic rings. The topological polar surface area (TPSA) is 3.24 Å². The van der Waals surface area contributed by atoms with Crippen LogP contribution >= 0.6 is 0 Å². The molecule has 0 aromatic carbocycles. The molecule has 0 amide bonds. The summed E-state index contributed by atoms with van der Waals surface area (Å²) in [7, 11) is 0. The van der Waals surface area contributed by atoms with Gasteiger partial charge >= 0.3 is 0 Å². The Morgan fingerprint density at radius 3 is 1.04 bits per heavy atom. The number of rotatable bonds is 7. The van der Waals surface area contributed by atoms with Crippen molar-refractivity contribution < 1.29 is 0 Å². The summed E-state index contributed by atoms with van der Waals surface area (Å²) in [4.78, 5) is 3.27. The van der Waals surface area contributed by atoms with Gasteiger partial charge in [-0.25, -0.2) is 0 Å². The van der Waals surface area contributed by atoms with Crippen molar-refractivity contribution >= 4 is 0 Å². The van der Waals surface area contributed by atoms with Gasteiger partial charge in [0.15, 0.2) is 0 Å². The van der Waals surface area contributed by atoms with Crippen LogP contribution in [-0.4, -0.2) is 23.0 Å². The Balaban J connectivity index is 0.930. The van der Waals surface area contributed by atoms with Gasteiger partial charge in [-0.3, -0.25) is 4.90 Å². The minimum absolute atomic E-state index is 0.934. The highest BCUT2D eigenvalue weighted by Crippen LogP contribution is 2.63. The Bertz CT molecular complexity index is 991. The van der Waals surface area contributed by atoms with E-state index in [0.717, 1.165) is 89.1 Å². The van der Waals surface area contributed by atoms with Crippen LogP contribution in [0.5, 0.6) is 0 Å². The molecule has 0 heterocycles. The summed E-state index contributed by atoms with van der Waals surface area (Å²) < 4.78 is 0. The molecule has 290 valence electrons. The maximum absolute atomic E-state index is 3.27. The molecule has 9 aliphatic carbocycles. The van der Waals surface area contributed by atoms with Crippen LogP contribution in [0.2, 0.25) is 0 Å². The maximum atomic E-state index is 3.27. The third-order valence-corrected chi connectivity index (χ3v) is 19.5. The average molecular weight is 700 g/mol. The van der Waals surface area contributed by atoms with Gasteiger partial charge in [-0.1, -0.05) is 128 Å². The van der Waals surface area contributed by atoms with Crippen LogP contribution in [-0.2, 0) is 0 Å². The van der Waals surface area contributed by atoms with E-state index in [1.807, 2.05) is 0 Å². The van der Waals surface area contributed by atoms with E-state index < -0.39 is 0 Å². The molecular formula is C50H85N. The van der Waals surface area contributed by atoms with Crippen LogP contribution in [0, 0.1) is 71.0 Å². The predicted molar refractivity (Wildman–Crippen MR) is 217 cm³/mol. The Kier molecular flexibility index (Phi) is 12.5. The van der Waals surface area contributed by atoms with E-state index in [9.17, 15) is 0 Å². The molecule has 9 fully saturated rings. The monoisotopic (exact) mass is 700 g/mol. The molecule has 7 unspecified atom stereocenters. The SMILES string of the molecule is C1CCC(C2CCC(C3C4CCCCC4C(C4CCC(N(C5CCCCC5)C5CCCCC5)CC4)C4CCCCC43)CC2C2CCCCC2)CC1. The van der Waals surface area contributed by atoms with Crippen molar-refractivity contribution in [1.29, 1.82) is 0 Å². The zero-order valence-electron chi connectivity index (χ0n) is 33.9. The number of hydrogen-bond donors (Lipinski definition) is 0. The Hall–Kier alpha value is -0.0400. The first kappa shape index (κ1) is 36.6. The Morgan fingerprint density at radius 2 is 0.569 bits per heavy atom. The van der Waals surface area contributed by atoms with E-state index >= 15 is 0 Å². The molecule has 0 saturated heterocycles. The fourth-order valence-electron chi connectivity index (χ4n) is 17.6. The van der Waals surface area contributed by atoms with E-state index in [1.54, 1.807) is 154 Å². The van der Waals surface area contributed by atoms with E-state index in [-0.39, 0.29) is 0 Å². The van der Waals surface area contributed by atoms with Crippen molar-refractivity contribution in [2.24, 2.45) is 71.0 Å². The van der Waals surface area contributed by atoms with E-state index in [1.165, 1.54) is 70.6 Å². The van der Waals surface area contributed by atoms with Crippen LogP contribution < -0.4 is 0 Å². The lowest BCUT2D eigenvalue weighted by atomic mass is 9.44. The summed E-state index contributed by atoms with van der Waals surface area (Å²) in [6.45, 7) is 0. The lowest BCUT2D eigenvalue weighted by molar-refractivity contribution is -0.123. The summed E-state index contributed by atoms with van der Waals surface area (Å²) >= 11 is 0. The summed E-state index contributed by atoms with van der Waals surface area (Å²) in [5, 5.41) is 0. The first-order chi connectivity index (χ1) is 25.3. The van der Waals surface area contributed by atoms with Crippen molar-refractivity contribution in [2.45, 2.75) is 243 Å². The second-order valence-corrected chi connectivity index (χ2v) is 21.7. The molecule has 0 aromatic heterocycles. The third kappa shape index (κ3) is 7.85. The lowest BCUT2D eigenvalue weighted by Gasteiger charge is -2.61. The molecule has 9 saturated carbocycles. The summed E-state index contributed by atoms with van der Waals surface area (Å²) in [6.07, 6.45) is 55.1. The molecule has 0 aromatic rings. The molecule has 9 rings (SSSR count). The summed E-state index contributed by atoms with van der Waals surface area (Å²) in [6, 6.07) is 2.81. The summed E-state index contributed by atoms with van der Waals surface area (Å²) in [5.74, 6) is 13.3. The molecule has 1 nitrogen and oxygen atoms in total. The third-order valence-electron chi connectivity index (χ3n) is 19.5. The first-order valence-corrected chi connectivity index (χ1v) is 25.1. The van der Waals surface area contributed by atoms with Crippen molar-refractivity contribution in [2.75, 3.05) is 0 Å². The Labute approximate surface area is 317 Å². The second-order valence-electron chi connectivity index (χ2n) is 21.7. The molecule has 0 bridgehead atoms. The van der Waals surface area contributed by atoms with Crippen LogP contribution in [0.3, 0.4) is 0 Å². The van der Waals surface area contributed by atoms with Crippen LogP contribution in [0.25, 0.3) is 0 Å². The van der Waals surface area contributed by atoms with Crippen molar-refractivity contribution in [3.8, 4) is 0 Å².